The molecule has 1 aromatic heterocycles. The van der Waals surface area contributed by atoms with Crippen molar-refractivity contribution in [2.24, 2.45) is 0 Å². The van der Waals surface area contributed by atoms with Gasteiger partial charge in [-0.1, -0.05) is 48.5 Å². The number of carbonyl (C=O) groups is 1. The van der Waals surface area contributed by atoms with E-state index in [1.807, 2.05) is 12.1 Å². The van der Waals surface area contributed by atoms with Crippen LogP contribution in [-0.2, 0) is 28.8 Å². The lowest BCUT2D eigenvalue weighted by Gasteiger charge is -2.13. The third-order valence-corrected chi connectivity index (χ3v) is 8.03. The molecule has 2 N–H and O–H groups in total. The quantitative estimate of drug-likeness (QED) is 0.326. The number of sulfonamides is 1. The third-order valence-electron chi connectivity index (χ3n) is 6.49. The first-order valence-corrected chi connectivity index (χ1v) is 13.5. The van der Waals surface area contributed by atoms with Gasteiger partial charge in [-0.2, -0.15) is 0 Å². The van der Waals surface area contributed by atoms with Crippen LogP contribution >= 0.6 is 0 Å². The Kier molecular flexibility index (Phi) is 6.81. The fourth-order valence-electron chi connectivity index (χ4n) is 4.60. The van der Waals surface area contributed by atoms with Crippen LogP contribution in [0.1, 0.15) is 34.0 Å². The summed E-state index contributed by atoms with van der Waals surface area (Å²) < 4.78 is 55.4. The van der Waals surface area contributed by atoms with Crippen molar-refractivity contribution in [3.63, 3.8) is 0 Å². The average Bonchev–Trinajstić information content (AvgIpc) is 3.29. The van der Waals surface area contributed by atoms with Crippen LogP contribution in [0.25, 0.3) is 11.3 Å². The van der Waals surface area contributed by atoms with Crippen LogP contribution in [0.4, 0.5) is 14.5 Å². The van der Waals surface area contributed by atoms with Gasteiger partial charge >= 0.3 is 0 Å². The molecule has 0 bridgehead atoms. The summed E-state index contributed by atoms with van der Waals surface area (Å²) in [6.07, 6.45) is 2.59. The largest absolute Gasteiger partial charge is 0.322 e. The fraction of sp³-hybridized carbons (Fsp3) is 0.172. The highest BCUT2D eigenvalue weighted by Crippen LogP contribution is 2.31. The number of nitrogens with zero attached hydrogens (tertiary/aromatic N) is 1. The van der Waals surface area contributed by atoms with Crippen LogP contribution in [0.2, 0.25) is 0 Å². The van der Waals surface area contributed by atoms with E-state index in [1.165, 1.54) is 24.3 Å². The average molecular weight is 534 g/mol. The smallest absolute Gasteiger partial charge is 0.270 e. The van der Waals surface area contributed by atoms with Gasteiger partial charge in [-0.05, 0) is 60.4 Å². The molecular formula is C29H25F2N3O3S. The third kappa shape index (κ3) is 5.49. The summed E-state index contributed by atoms with van der Waals surface area (Å²) in [5.41, 5.74) is 3.64. The number of rotatable bonds is 7. The Hall–Kier alpha value is -3.95. The maximum absolute atomic E-state index is 13.6. The number of alkyl halides is 2. The van der Waals surface area contributed by atoms with Gasteiger partial charge in [-0.25, -0.2) is 21.9 Å². The first-order valence-electron chi connectivity index (χ1n) is 12.0. The monoisotopic (exact) mass is 533 g/mol. The zero-order valence-corrected chi connectivity index (χ0v) is 21.3. The van der Waals surface area contributed by atoms with E-state index in [0.717, 1.165) is 18.1 Å². The van der Waals surface area contributed by atoms with Crippen molar-refractivity contribution in [3.8, 4) is 11.3 Å². The highest BCUT2D eigenvalue weighted by molar-refractivity contribution is 7.89. The summed E-state index contributed by atoms with van der Waals surface area (Å²) in [5, 5.41) is 2.89. The molecule has 4 aromatic rings. The highest BCUT2D eigenvalue weighted by atomic mass is 32.2. The standard InChI is InChI=1S/C29H25F2N3O3S/c1-29(30,31)22-12-9-19(10-13-22)27-26(8-5-15-32-27)28(35)33-23-14-11-20-16-24(18-21(20)17-23)34-38(36,37)25-6-3-2-4-7-25/h2-15,17,24,34H,16,18H2,1H3,(H,33,35). The maximum atomic E-state index is 13.6. The lowest BCUT2D eigenvalue weighted by Crippen LogP contribution is -2.35. The molecule has 0 spiro atoms. The second-order valence-corrected chi connectivity index (χ2v) is 11.1. The first-order chi connectivity index (χ1) is 18.1. The van der Waals surface area contributed by atoms with Gasteiger partial charge in [-0.15, -0.1) is 0 Å². The topological polar surface area (TPSA) is 88.2 Å². The molecule has 1 unspecified atom stereocenters. The van der Waals surface area contributed by atoms with Gasteiger partial charge in [0.05, 0.1) is 16.2 Å². The molecule has 1 atom stereocenters. The van der Waals surface area contributed by atoms with Crippen molar-refractivity contribution in [2.45, 2.75) is 36.6 Å². The van der Waals surface area contributed by atoms with Gasteiger partial charge in [0.1, 0.15) is 0 Å². The summed E-state index contributed by atoms with van der Waals surface area (Å²) >= 11 is 0. The van der Waals surface area contributed by atoms with E-state index >= 15 is 0 Å². The molecule has 38 heavy (non-hydrogen) atoms. The Morgan fingerprint density at radius 1 is 0.921 bits per heavy atom. The minimum Gasteiger partial charge on any atom is -0.322 e. The second-order valence-electron chi connectivity index (χ2n) is 9.34. The van der Waals surface area contributed by atoms with Gasteiger partial charge in [0.2, 0.25) is 10.0 Å². The number of hydrogen-bond donors (Lipinski definition) is 2. The lowest BCUT2D eigenvalue weighted by atomic mass is 10.0. The van der Waals surface area contributed by atoms with Gasteiger partial charge in [0.25, 0.3) is 11.8 Å². The SMILES string of the molecule is CC(F)(F)c1ccc(-c2ncccc2C(=O)Nc2ccc3c(c2)CC(NS(=O)(=O)c2ccccc2)C3)cc1. The lowest BCUT2D eigenvalue weighted by molar-refractivity contribution is 0.0175. The number of halogens is 2. The Bertz CT molecular complexity index is 1590. The number of benzene rings is 3. The molecule has 9 heteroatoms. The summed E-state index contributed by atoms with van der Waals surface area (Å²) in [5.74, 6) is -3.35. The number of carbonyl (C=O) groups excluding carboxylic acids is 1. The molecule has 1 aliphatic carbocycles. The van der Waals surface area contributed by atoms with Gasteiger partial charge in [-0.3, -0.25) is 9.78 Å². The Morgan fingerprint density at radius 3 is 2.34 bits per heavy atom. The van der Waals surface area contributed by atoms with Crippen LogP contribution in [0, 0.1) is 0 Å². The second kappa shape index (κ2) is 10.1. The van der Waals surface area contributed by atoms with E-state index in [4.69, 9.17) is 0 Å². The zero-order chi connectivity index (χ0) is 26.9. The Morgan fingerprint density at radius 2 is 1.63 bits per heavy atom. The molecule has 1 aliphatic rings. The van der Waals surface area contributed by atoms with Crippen LogP contribution in [0.5, 0.6) is 0 Å². The van der Waals surface area contributed by atoms with Crippen molar-refractivity contribution in [1.29, 1.82) is 0 Å². The number of anilines is 1. The van der Waals surface area contributed by atoms with E-state index < -0.39 is 21.9 Å². The fourth-order valence-corrected chi connectivity index (χ4v) is 5.86. The Balaban J connectivity index is 1.31. The van der Waals surface area contributed by atoms with Gasteiger partial charge in [0, 0.05) is 36.0 Å². The molecule has 6 nitrogen and oxygen atoms in total. The molecule has 5 rings (SSSR count). The van der Waals surface area contributed by atoms with E-state index in [9.17, 15) is 22.0 Å². The number of amides is 1. The molecule has 0 radical (unpaired) electrons. The molecule has 0 fully saturated rings. The van der Waals surface area contributed by atoms with Crippen molar-refractivity contribution < 1.29 is 22.0 Å². The normalized spacial score (nSPS) is 15.2. The predicted octanol–water partition coefficient (Wildman–Crippen LogP) is 5.56. The number of fused-ring (bicyclic) bond motifs is 1. The number of hydrogen-bond acceptors (Lipinski definition) is 4. The van der Waals surface area contributed by atoms with Crippen LogP contribution in [0.15, 0.2) is 96.0 Å². The molecule has 1 amide bonds. The number of pyridine rings is 1. The van der Waals surface area contributed by atoms with Crippen LogP contribution in [0.3, 0.4) is 0 Å². The number of aromatic nitrogens is 1. The van der Waals surface area contributed by atoms with E-state index in [1.54, 1.807) is 54.7 Å². The summed E-state index contributed by atoms with van der Waals surface area (Å²) in [6, 6.07) is 22.4. The zero-order valence-electron chi connectivity index (χ0n) is 20.5. The molecular weight excluding hydrogens is 508 g/mol. The molecule has 1 heterocycles. The van der Waals surface area contributed by atoms with Crippen molar-refractivity contribution in [2.75, 3.05) is 5.32 Å². The van der Waals surface area contributed by atoms with Gasteiger partial charge < -0.3 is 5.32 Å². The first kappa shape index (κ1) is 25.7. The van der Waals surface area contributed by atoms with Crippen molar-refractivity contribution in [1.82, 2.24) is 9.71 Å². The minimum absolute atomic E-state index is 0.120. The number of nitrogens with one attached hydrogen (secondary N) is 2. The molecule has 0 saturated carbocycles. The molecule has 3 aromatic carbocycles. The predicted molar refractivity (Wildman–Crippen MR) is 142 cm³/mol. The van der Waals surface area contributed by atoms with E-state index in [2.05, 4.69) is 15.0 Å². The highest BCUT2D eigenvalue weighted by Gasteiger charge is 2.27. The van der Waals surface area contributed by atoms with E-state index in [0.29, 0.717) is 35.3 Å². The van der Waals surface area contributed by atoms with E-state index in [-0.39, 0.29) is 16.5 Å². The molecule has 194 valence electrons. The van der Waals surface area contributed by atoms with Crippen molar-refractivity contribution in [3.05, 3.63) is 113 Å². The van der Waals surface area contributed by atoms with Crippen LogP contribution in [-0.4, -0.2) is 25.4 Å². The van der Waals surface area contributed by atoms with Crippen molar-refractivity contribution >= 4 is 21.6 Å². The van der Waals surface area contributed by atoms with Crippen LogP contribution < -0.4 is 10.0 Å². The minimum atomic E-state index is -3.64. The Labute approximate surface area is 219 Å². The summed E-state index contributed by atoms with van der Waals surface area (Å²) in [6.45, 7) is 0.832. The molecule has 0 saturated heterocycles. The van der Waals surface area contributed by atoms with Gasteiger partial charge in [0.15, 0.2) is 0 Å². The summed E-state index contributed by atoms with van der Waals surface area (Å²) in [4.78, 5) is 17.7. The summed E-state index contributed by atoms with van der Waals surface area (Å²) in [7, 11) is -3.64. The molecule has 0 aliphatic heterocycles. The maximum Gasteiger partial charge on any atom is 0.270 e.